The van der Waals surface area contributed by atoms with Crippen LogP contribution in [0.15, 0.2) is 24.3 Å². The average Bonchev–Trinajstić information content (AvgIpc) is 2.35. The van der Waals surface area contributed by atoms with Crippen molar-refractivity contribution in [3.8, 4) is 0 Å². The molecular formula is C14H18N2O3. The van der Waals surface area contributed by atoms with Crippen molar-refractivity contribution in [2.24, 2.45) is 0 Å². The van der Waals surface area contributed by atoms with Gasteiger partial charge in [0.15, 0.2) is 0 Å². The zero-order valence-electron chi connectivity index (χ0n) is 11.1. The Bertz CT molecular complexity index is 495. The standard InChI is InChI=1S/C14H18N2O3/c1-9(17)16(2)13-6-4-3-5-12(13)14(19)15-10-7-11(18)8-10/h3-6,10-11,18H,7-8H2,1-2H3,(H,15,19). The predicted octanol–water partition coefficient (Wildman–Crippen LogP) is 0.922. The summed E-state index contributed by atoms with van der Waals surface area (Å²) in [6.07, 6.45) is 0.882. The van der Waals surface area contributed by atoms with Crippen molar-refractivity contribution >= 4 is 17.5 Å². The topological polar surface area (TPSA) is 69.6 Å². The fraction of sp³-hybridized carbons (Fsp3) is 0.429. The van der Waals surface area contributed by atoms with Crippen LogP contribution in [-0.4, -0.2) is 36.1 Å². The first kappa shape index (κ1) is 13.5. The normalized spacial score (nSPS) is 21.4. The molecule has 2 amide bonds. The highest BCUT2D eigenvalue weighted by Crippen LogP contribution is 2.23. The summed E-state index contributed by atoms with van der Waals surface area (Å²) >= 11 is 0. The van der Waals surface area contributed by atoms with E-state index in [0.717, 1.165) is 0 Å². The number of aliphatic hydroxyl groups is 1. The lowest BCUT2D eigenvalue weighted by Gasteiger charge is -2.32. The van der Waals surface area contributed by atoms with Crippen LogP contribution in [0.4, 0.5) is 5.69 Å². The molecule has 0 bridgehead atoms. The van der Waals surface area contributed by atoms with E-state index in [4.69, 9.17) is 0 Å². The van der Waals surface area contributed by atoms with E-state index in [0.29, 0.717) is 24.1 Å². The van der Waals surface area contributed by atoms with Crippen molar-refractivity contribution in [2.75, 3.05) is 11.9 Å². The Morgan fingerprint density at radius 3 is 2.53 bits per heavy atom. The highest BCUT2D eigenvalue weighted by atomic mass is 16.3. The van der Waals surface area contributed by atoms with E-state index in [-0.39, 0.29) is 24.0 Å². The monoisotopic (exact) mass is 262 g/mol. The molecule has 2 rings (SSSR count). The van der Waals surface area contributed by atoms with Gasteiger partial charge in [-0.15, -0.1) is 0 Å². The third kappa shape index (κ3) is 2.93. The van der Waals surface area contributed by atoms with E-state index in [1.165, 1.54) is 11.8 Å². The second-order valence-electron chi connectivity index (χ2n) is 4.89. The molecule has 1 fully saturated rings. The SMILES string of the molecule is CC(=O)N(C)c1ccccc1C(=O)NC1CC(O)C1. The molecule has 0 heterocycles. The minimum atomic E-state index is -0.305. The largest absolute Gasteiger partial charge is 0.393 e. The molecule has 0 radical (unpaired) electrons. The molecule has 0 atom stereocenters. The average molecular weight is 262 g/mol. The molecule has 0 saturated heterocycles. The van der Waals surface area contributed by atoms with Gasteiger partial charge in [-0.25, -0.2) is 0 Å². The van der Waals surface area contributed by atoms with Crippen molar-refractivity contribution in [1.82, 2.24) is 5.32 Å². The molecule has 0 aliphatic heterocycles. The van der Waals surface area contributed by atoms with Gasteiger partial charge in [-0.1, -0.05) is 12.1 Å². The number of rotatable bonds is 3. The number of anilines is 1. The highest BCUT2D eigenvalue weighted by Gasteiger charge is 2.29. The third-order valence-corrected chi connectivity index (χ3v) is 3.43. The molecule has 5 heteroatoms. The van der Waals surface area contributed by atoms with Crippen molar-refractivity contribution in [3.63, 3.8) is 0 Å². The van der Waals surface area contributed by atoms with Crippen LogP contribution in [0.5, 0.6) is 0 Å². The summed E-state index contributed by atoms with van der Waals surface area (Å²) in [5, 5.41) is 12.1. The lowest BCUT2D eigenvalue weighted by atomic mass is 9.89. The number of hydrogen-bond acceptors (Lipinski definition) is 3. The van der Waals surface area contributed by atoms with Crippen LogP contribution in [0.25, 0.3) is 0 Å². The van der Waals surface area contributed by atoms with Crippen molar-refractivity contribution in [3.05, 3.63) is 29.8 Å². The maximum Gasteiger partial charge on any atom is 0.253 e. The number of carbonyl (C=O) groups excluding carboxylic acids is 2. The minimum Gasteiger partial charge on any atom is -0.393 e. The lowest BCUT2D eigenvalue weighted by Crippen LogP contribution is -2.47. The number of hydrogen-bond donors (Lipinski definition) is 2. The smallest absolute Gasteiger partial charge is 0.253 e. The van der Waals surface area contributed by atoms with Gasteiger partial charge in [-0.05, 0) is 25.0 Å². The summed E-state index contributed by atoms with van der Waals surface area (Å²) in [6.45, 7) is 1.46. The number of amides is 2. The van der Waals surface area contributed by atoms with Gasteiger partial charge in [-0.2, -0.15) is 0 Å². The van der Waals surface area contributed by atoms with Crippen LogP contribution in [0.3, 0.4) is 0 Å². The molecular weight excluding hydrogens is 244 g/mol. The van der Waals surface area contributed by atoms with Gasteiger partial charge in [0.2, 0.25) is 5.91 Å². The summed E-state index contributed by atoms with van der Waals surface area (Å²) in [4.78, 5) is 25.0. The van der Waals surface area contributed by atoms with E-state index in [9.17, 15) is 14.7 Å². The van der Waals surface area contributed by atoms with Gasteiger partial charge in [0, 0.05) is 20.0 Å². The Labute approximate surface area is 112 Å². The van der Waals surface area contributed by atoms with Crippen LogP contribution in [-0.2, 0) is 4.79 Å². The Morgan fingerprint density at radius 2 is 1.95 bits per heavy atom. The Morgan fingerprint density at radius 1 is 1.32 bits per heavy atom. The molecule has 19 heavy (non-hydrogen) atoms. The zero-order chi connectivity index (χ0) is 14.0. The fourth-order valence-corrected chi connectivity index (χ4v) is 2.10. The van der Waals surface area contributed by atoms with Gasteiger partial charge < -0.3 is 15.3 Å². The Hall–Kier alpha value is -1.88. The van der Waals surface area contributed by atoms with Crippen LogP contribution in [0.2, 0.25) is 0 Å². The highest BCUT2D eigenvalue weighted by molar-refractivity contribution is 6.04. The number of para-hydroxylation sites is 1. The number of benzene rings is 1. The molecule has 1 saturated carbocycles. The van der Waals surface area contributed by atoms with Crippen molar-refractivity contribution in [1.29, 1.82) is 0 Å². The van der Waals surface area contributed by atoms with E-state index in [1.54, 1.807) is 31.3 Å². The minimum absolute atomic E-state index is 0.0261. The molecule has 2 N–H and O–H groups in total. The molecule has 1 aromatic rings. The van der Waals surface area contributed by atoms with Gasteiger partial charge in [0.1, 0.15) is 0 Å². The van der Waals surface area contributed by atoms with Gasteiger partial charge in [-0.3, -0.25) is 9.59 Å². The van der Waals surface area contributed by atoms with E-state index in [1.807, 2.05) is 0 Å². The lowest BCUT2D eigenvalue weighted by molar-refractivity contribution is -0.116. The predicted molar refractivity (Wildman–Crippen MR) is 72.0 cm³/mol. The first-order chi connectivity index (χ1) is 8.99. The zero-order valence-corrected chi connectivity index (χ0v) is 11.1. The number of nitrogens with zero attached hydrogens (tertiary/aromatic N) is 1. The van der Waals surface area contributed by atoms with Gasteiger partial charge >= 0.3 is 0 Å². The quantitative estimate of drug-likeness (QED) is 0.851. The summed E-state index contributed by atoms with van der Waals surface area (Å²) in [5.41, 5.74) is 1.06. The van der Waals surface area contributed by atoms with Crippen molar-refractivity contribution in [2.45, 2.75) is 31.9 Å². The molecule has 1 aliphatic carbocycles. The summed E-state index contributed by atoms with van der Waals surface area (Å²) in [6, 6.07) is 7.02. The van der Waals surface area contributed by atoms with Gasteiger partial charge in [0.05, 0.1) is 17.4 Å². The molecule has 5 nitrogen and oxygen atoms in total. The summed E-state index contributed by atoms with van der Waals surface area (Å²) in [7, 11) is 1.64. The molecule has 1 aromatic carbocycles. The maximum absolute atomic E-state index is 12.2. The molecule has 1 aliphatic rings. The van der Waals surface area contributed by atoms with Crippen LogP contribution >= 0.6 is 0 Å². The molecule has 102 valence electrons. The first-order valence-corrected chi connectivity index (χ1v) is 6.31. The van der Waals surface area contributed by atoms with E-state index >= 15 is 0 Å². The first-order valence-electron chi connectivity index (χ1n) is 6.31. The number of aliphatic hydroxyl groups excluding tert-OH is 1. The van der Waals surface area contributed by atoms with Crippen molar-refractivity contribution < 1.29 is 14.7 Å². The van der Waals surface area contributed by atoms with Crippen LogP contribution < -0.4 is 10.2 Å². The van der Waals surface area contributed by atoms with E-state index < -0.39 is 0 Å². The number of nitrogens with one attached hydrogen (secondary N) is 1. The second kappa shape index (κ2) is 5.40. The van der Waals surface area contributed by atoms with Crippen LogP contribution in [0, 0.1) is 0 Å². The Balaban J connectivity index is 2.14. The van der Waals surface area contributed by atoms with Crippen LogP contribution in [0.1, 0.15) is 30.1 Å². The molecule has 0 aromatic heterocycles. The molecule has 0 unspecified atom stereocenters. The maximum atomic E-state index is 12.2. The summed E-state index contributed by atoms with van der Waals surface area (Å²) < 4.78 is 0. The molecule has 0 spiro atoms. The number of carbonyl (C=O) groups is 2. The Kier molecular flexibility index (Phi) is 3.85. The second-order valence-corrected chi connectivity index (χ2v) is 4.89. The fourth-order valence-electron chi connectivity index (χ4n) is 2.10. The summed E-state index contributed by atoms with van der Waals surface area (Å²) in [5.74, 6) is -0.333. The third-order valence-electron chi connectivity index (χ3n) is 3.43. The van der Waals surface area contributed by atoms with E-state index in [2.05, 4.69) is 5.32 Å². The van der Waals surface area contributed by atoms with Gasteiger partial charge in [0.25, 0.3) is 5.91 Å².